The number of pyridine rings is 1. The number of aromatic nitrogens is 1. The second kappa shape index (κ2) is 5.72. The van der Waals surface area contributed by atoms with Crippen LogP contribution in [-0.2, 0) is 0 Å². The Hall–Kier alpha value is -1.08. The molecule has 0 aliphatic heterocycles. The van der Waals surface area contributed by atoms with Crippen molar-refractivity contribution in [3.63, 3.8) is 0 Å². The fourth-order valence-electron chi connectivity index (χ4n) is 1.15. The molecule has 0 aliphatic carbocycles. The average Bonchev–Trinajstić information content (AvgIpc) is 2.21. The van der Waals surface area contributed by atoms with E-state index in [1.54, 1.807) is 6.20 Å². The summed E-state index contributed by atoms with van der Waals surface area (Å²) in [6.45, 7) is 1.99. The molecule has 0 aromatic carbocycles. The number of hydrogen-bond acceptors (Lipinski definition) is 2. The van der Waals surface area contributed by atoms with E-state index in [4.69, 9.17) is 6.42 Å². The van der Waals surface area contributed by atoms with Crippen LogP contribution in [-0.4, -0.2) is 11.0 Å². The summed E-state index contributed by atoms with van der Waals surface area (Å²) in [4.78, 5) is 3.95. The zero-order valence-corrected chi connectivity index (χ0v) is 10.0. The lowest BCUT2D eigenvalue weighted by Gasteiger charge is -2.15. The Labute approximate surface area is 97.4 Å². The Bertz CT molecular complexity index is 373. The minimum absolute atomic E-state index is 0.0678. The maximum absolute atomic E-state index is 13.4. The number of nitrogens with one attached hydrogen (secondary N) is 1. The zero-order valence-electron chi connectivity index (χ0n) is 8.43. The van der Waals surface area contributed by atoms with Crippen molar-refractivity contribution in [2.24, 2.45) is 0 Å². The Balaban J connectivity index is 2.75. The molecule has 0 bridgehead atoms. The van der Waals surface area contributed by atoms with Crippen LogP contribution in [0.25, 0.3) is 0 Å². The summed E-state index contributed by atoms with van der Waals surface area (Å²) < 4.78 is 14.0. The first-order valence-electron chi connectivity index (χ1n) is 4.68. The van der Waals surface area contributed by atoms with Crippen LogP contribution in [0, 0.1) is 18.2 Å². The van der Waals surface area contributed by atoms with E-state index in [0.717, 1.165) is 6.42 Å². The summed E-state index contributed by atoms with van der Waals surface area (Å²) in [6.07, 6.45) is 8.16. The Morgan fingerprint density at radius 1 is 1.73 bits per heavy atom. The number of halogens is 2. The van der Waals surface area contributed by atoms with Crippen molar-refractivity contribution in [3.8, 4) is 12.3 Å². The molecule has 1 rings (SSSR count). The molecule has 1 heterocycles. The summed E-state index contributed by atoms with van der Waals surface area (Å²) in [6, 6.07) is 1.44. The summed E-state index contributed by atoms with van der Waals surface area (Å²) in [5.74, 6) is 2.42. The quantitative estimate of drug-likeness (QED) is 0.850. The van der Waals surface area contributed by atoms with Gasteiger partial charge in [-0.2, -0.15) is 0 Å². The lowest BCUT2D eigenvalue weighted by Crippen LogP contribution is -2.19. The van der Waals surface area contributed by atoms with Crippen LogP contribution in [0.2, 0.25) is 0 Å². The monoisotopic (exact) mass is 270 g/mol. The van der Waals surface area contributed by atoms with Gasteiger partial charge in [0.25, 0.3) is 0 Å². The minimum atomic E-state index is -0.375. The molecule has 0 radical (unpaired) electrons. The van der Waals surface area contributed by atoms with Gasteiger partial charge in [0.15, 0.2) is 11.6 Å². The van der Waals surface area contributed by atoms with Crippen LogP contribution in [0.1, 0.15) is 19.8 Å². The molecule has 1 aromatic heterocycles. The fraction of sp³-hybridized carbons (Fsp3) is 0.364. The first kappa shape index (κ1) is 12.0. The minimum Gasteiger partial charge on any atom is -0.364 e. The van der Waals surface area contributed by atoms with Crippen LogP contribution in [0.4, 0.5) is 10.2 Å². The van der Waals surface area contributed by atoms with Crippen molar-refractivity contribution >= 4 is 21.7 Å². The van der Waals surface area contributed by atoms with Gasteiger partial charge in [-0.15, -0.1) is 12.3 Å². The third-order valence-corrected chi connectivity index (χ3v) is 2.44. The van der Waals surface area contributed by atoms with Crippen LogP contribution in [0.3, 0.4) is 0 Å². The van der Waals surface area contributed by atoms with Crippen molar-refractivity contribution in [3.05, 3.63) is 22.6 Å². The number of anilines is 1. The summed E-state index contributed by atoms with van der Waals surface area (Å²) in [7, 11) is 0. The average molecular weight is 271 g/mol. The maximum Gasteiger partial charge on any atom is 0.166 e. The molecule has 0 saturated carbocycles. The van der Waals surface area contributed by atoms with Gasteiger partial charge in [0.2, 0.25) is 0 Å². The molecule has 0 spiro atoms. The summed E-state index contributed by atoms with van der Waals surface area (Å²) >= 11 is 3.15. The standard InChI is InChI=1S/C11H12BrFN2/c1-3-5-9(4-2)15-11-10(13)6-8(12)7-14-11/h1,6-7,9H,4-5H2,2H3,(H,14,15). The highest BCUT2D eigenvalue weighted by Crippen LogP contribution is 2.17. The fourth-order valence-corrected chi connectivity index (χ4v) is 1.46. The molecule has 0 aliphatic rings. The smallest absolute Gasteiger partial charge is 0.166 e. The van der Waals surface area contributed by atoms with Crippen molar-refractivity contribution < 1.29 is 4.39 Å². The molecule has 4 heteroatoms. The number of terminal acetylenes is 1. The van der Waals surface area contributed by atoms with E-state index in [-0.39, 0.29) is 17.7 Å². The van der Waals surface area contributed by atoms with E-state index in [1.165, 1.54) is 6.07 Å². The van der Waals surface area contributed by atoms with Crippen LogP contribution in [0.5, 0.6) is 0 Å². The molecule has 1 N–H and O–H groups in total. The van der Waals surface area contributed by atoms with Gasteiger partial charge in [-0.1, -0.05) is 6.92 Å². The van der Waals surface area contributed by atoms with E-state index in [0.29, 0.717) is 10.9 Å². The van der Waals surface area contributed by atoms with Crippen LogP contribution < -0.4 is 5.32 Å². The lowest BCUT2D eigenvalue weighted by atomic mass is 10.1. The highest BCUT2D eigenvalue weighted by atomic mass is 79.9. The molecule has 0 fully saturated rings. The highest BCUT2D eigenvalue weighted by molar-refractivity contribution is 9.10. The van der Waals surface area contributed by atoms with Gasteiger partial charge in [-0.05, 0) is 28.4 Å². The van der Waals surface area contributed by atoms with Crippen molar-refractivity contribution in [1.29, 1.82) is 0 Å². The molecule has 1 aromatic rings. The highest BCUT2D eigenvalue weighted by Gasteiger charge is 2.09. The molecule has 1 atom stereocenters. The van der Waals surface area contributed by atoms with Gasteiger partial charge in [-0.25, -0.2) is 9.37 Å². The number of hydrogen-bond donors (Lipinski definition) is 1. The van der Waals surface area contributed by atoms with E-state index >= 15 is 0 Å². The Morgan fingerprint density at radius 2 is 2.47 bits per heavy atom. The second-order valence-corrected chi connectivity index (χ2v) is 4.06. The predicted octanol–water partition coefficient (Wildman–Crippen LogP) is 3.20. The number of rotatable bonds is 4. The second-order valence-electron chi connectivity index (χ2n) is 3.14. The van der Waals surface area contributed by atoms with Crippen LogP contribution >= 0.6 is 15.9 Å². The van der Waals surface area contributed by atoms with E-state index in [1.807, 2.05) is 6.92 Å². The third kappa shape index (κ3) is 3.52. The Kier molecular flexibility index (Phi) is 4.57. The van der Waals surface area contributed by atoms with E-state index in [9.17, 15) is 4.39 Å². The van der Waals surface area contributed by atoms with Gasteiger partial charge in [0.05, 0.1) is 0 Å². The Morgan fingerprint density at radius 3 is 3.00 bits per heavy atom. The largest absolute Gasteiger partial charge is 0.364 e. The van der Waals surface area contributed by atoms with Gasteiger partial charge < -0.3 is 5.32 Å². The molecular formula is C11H12BrFN2. The van der Waals surface area contributed by atoms with Crippen LogP contribution in [0.15, 0.2) is 16.7 Å². The van der Waals surface area contributed by atoms with E-state index < -0.39 is 0 Å². The van der Waals surface area contributed by atoms with Crippen molar-refractivity contribution in [2.45, 2.75) is 25.8 Å². The maximum atomic E-state index is 13.4. The van der Waals surface area contributed by atoms with Crippen molar-refractivity contribution in [1.82, 2.24) is 4.98 Å². The SMILES string of the molecule is C#CCC(CC)Nc1ncc(Br)cc1F. The lowest BCUT2D eigenvalue weighted by molar-refractivity contribution is 0.613. The van der Waals surface area contributed by atoms with Gasteiger partial charge in [0, 0.05) is 23.1 Å². The molecule has 80 valence electrons. The first-order chi connectivity index (χ1) is 7.17. The first-order valence-corrected chi connectivity index (χ1v) is 5.47. The van der Waals surface area contributed by atoms with Crippen molar-refractivity contribution in [2.75, 3.05) is 5.32 Å². The molecule has 0 amide bonds. The molecule has 15 heavy (non-hydrogen) atoms. The zero-order chi connectivity index (χ0) is 11.3. The molecule has 2 nitrogen and oxygen atoms in total. The van der Waals surface area contributed by atoms with E-state index in [2.05, 4.69) is 32.2 Å². The number of nitrogens with zero attached hydrogens (tertiary/aromatic N) is 1. The van der Waals surface area contributed by atoms with Gasteiger partial charge in [-0.3, -0.25) is 0 Å². The third-order valence-electron chi connectivity index (χ3n) is 2.01. The summed E-state index contributed by atoms with van der Waals surface area (Å²) in [5, 5.41) is 2.98. The molecular weight excluding hydrogens is 259 g/mol. The topological polar surface area (TPSA) is 24.9 Å². The van der Waals surface area contributed by atoms with Gasteiger partial charge in [0.1, 0.15) is 0 Å². The predicted molar refractivity (Wildman–Crippen MR) is 63.0 cm³/mol. The molecule has 1 unspecified atom stereocenters. The molecule has 0 saturated heterocycles. The van der Waals surface area contributed by atoms with Gasteiger partial charge >= 0.3 is 0 Å². The normalized spacial score (nSPS) is 11.9. The summed E-state index contributed by atoms with van der Waals surface area (Å²) in [5.41, 5.74) is 0.